The van der Waals surface area contributed by atoms with Crippen LogP contribution in [0.3, 0.4) is 0 Å². The summed E-state index contributed by atoms with van der Waals surface area (Å²) in [6.07, 6.45) is 5.68. The molecular weight excluding hydrogens is 218 g/mol. The summed E-state index contributed by atoms with van der Waals surface area (Å²) in [5, 5.41) is 0. The Morgan fingerprint density at radius 1 is 1.53 bits per heavy atom. The lowest BCUT2D eigenvalue weighted by molar-refractivity contribution is -0.160. The SMILES string of the molecule is C=C/C=C/N1C(=O)CC[C@@H]1C(=O)OC(C)(C)C. The van der Waals surface area contributed by atoms with Crippen molar-refractivity contribution in [1.82, 2.24) is 4.90 Å². The maximum Gasteiger partial charge on any atom is 0.329 e. The molecule has 17 heavy (non-hydrogen) atoms. The van der Waals surface area contributed by atoms with Gasteiger partial charge in [0.05, 0.1) is 0 Å². The van der Waals surface area contributed by atoms with Crippen LogP contribution in [0.1, 0.15) is 33.6 Å². The zero-order chi connectivity index (χ0) is 13.1. The van der Waals surface area contributed by atoms with Crippen molar-refractivity contribution >= 4 is 11.9 Å². The van der Waals surface area contributed by atoms with E-state index in [4.69, 9.17) is 4.74 Å². The standard InChI is InChI=1S/C13H19NO3/c1-5-6-9-14-10(7-8-11(14)15)12(16)17-13(2,3)4/h5-6,9-10H,1,7-8H2,2-4H3/b9-6+/t10-/m1/s1. The van der Waals surface area contributed by atoms with Gasteiger partial charge in [-0.2, -0.15) is 0 Å². The second-order valence-electron chi connectivity index (χ2n) is 4.97. The number of hydrogen-bond acceptors (Lipinski definition) is 3. The Kier molecular flexibility index (Phi) is 4.10. The average molecular weight is 237 g/mol. The summed E-state index contributed by atoms with van der Waals surface area (Å²) >= 11 is 0. The first-order chi connectivity index (χ1) is 7.85. The molecule has 4 heteroatoms. The third-order valence-electron chi connectivity index (χ3n) is 2.32. The highest BCUT2D eigenvalue weighted by Gasteiger charge is 2.37. The first-order valence-corrected chi connectivity index (χ1v) is 5.68. The van der Waals surface area contributed by atoms with Crippen LogP contribution in [0.25, 0.3) is 0 Å². The minimum Gasteiger partial charge on any atom is -0.458 e. The van der Waals surface area contributed by atoms with E-state index in [2.05, 4.69) is 6.58 Å². The van der Waals surface area contributed by atoms with Crippen molar-refractivity contribution < 1.29 is 14.3 Å². The Hall–Kier alpha value is -1.58. The van der Waals surface area contributed by atoms with Gasteiger partial charge in [0.2, 0.25) is 5.91 Å². The molecule has 1 amide bonds. The molecule has 1 aliphatic rings. The van der Waals surface area contributed by atoms with E-state index in [-0.39, 0.29) is 11.9 Å². The van der Waals surface area contributed by atoms with Crippen molar-refractivity contribution in [1.29, 1.82) is 0 Å². The van der Waals surface area contributed by atoms with Crippen molar-refractivity contribution in [2.45, 2.75) is 45.3 Å². The van der Waals surface area contributed by atoms with Crippen molar-refractivity contribution in [2.24, 2.45) is 0 Å². The monoisotopic (exact) mass is 237 g/mol. The molecule has 0 radical (unpaired) electrons. The number of carbonyl (C=O) groups is 2. The van der Waals surface area contributed by atoms with Gasteiger partial charge in [0.1, 0.15) is 11.6 Å². The first kappa shape index (κ1) is 13.5. The third kappa shape index (κ3) is 3.73. The number of amides is 1. The number of nitrogens with zero attached hydrogens (tertiary/aromatic N) is 1. The van der Waals surface area contributed by atoms with Gasteiger partial charge in [-0.25, -0.2) is 4.79 Å². The van der Waals surface area contributed by atoms with Gasteiger partial charge in [0.25, 0.3) is 0 Å². The number of hydrogen-bond donors (Lipinski definition) is 0. The minimum atomic E-state index is -0.531. The highest BCUT2D eigenvalue weighted by molar-refractivity contribution is 5.89. The van der Waals surface area contributed by atoms with Crippen LogP contribution < -0.4 is 0 Å². The summed E-state index contributed by atoms with van der Waals surface area (Å²) in [6.45, 7) is 8.97. The zero-order valence-electron chi connectivity index (χ0n) is 10.6. The maximum atomic E-state index is 11.9. The number of likely N-dealkylation sites (tertiary alicyclic amines) is 1. The molecule has 1 saturated heterocycles. The van der Waals surface area contributed by atoms with Crippen molar-refractivity contribution in [3.05, 3.63) is 24.9 Å². The fourth-order valence-corrected chi connectivity index (χ4v) is 1.64. The molecule has 1 fully saturated rings. The van der Waals surface area contributed by atoms with E-state index in [0.29, 0.717) is 12.8 Å². The fourth-order valence-electron chi connectivity index (χ4n) is 1.64. The number of esters is 1. The normalized spacial score (nSPS) is 21.0. The van der Waals surface area contributed by atoms with E-state index in [0.717, 1.165) is 0 Å². The van der Waals surface area contributed by atoms with Crippen LogP contribution in [-0.4, -0.2) is 28.4 Å². The van der Waals surface area contributed by atoms with Crippen LogP contribution in [-0.2, 0) is 14.3 Å². The molecule has 0 aromatic heterocycles. The number of allylic oxidation sites excluding steroid dienone is 2. The number of ether oxygens (including phenoxy) is 1. The van der Waals surface area contributed by atoms with Gasteiger partial charge in [-0.05, 0) is 33.3 Å². The molecule has 1 rings (SSSR count). The Morgan fingerprint density at radius 2 is 2.18 bits per heavy atom. The molecule has 0 unspecified atom stereocenters. The molecule has 0 N–H and O–H groups in total. The van der Waals surface area contributed by atoms with E-state index in [9.17, 15) is 9.59 Å². The molecule has 0 aliphatic carbocycles. The molecule has 1 atom stereocenters. The summed E-state index contributed by atoms with van der Waals surface area (Å²) < 4.78 is 5.29. The van der Waals surface area contributed by atoms with Gasteiger partial charge in [-0.3, -0.25) is 4.79 Å². The highest BCUT2D eigenvalue weighted by Crippen LogP contribution is 2.22. The van der Waals surface area contributed by atoms with Crippen LogP contribution in [0, 0.1) is 0 Å². The van der Waals surface area contributed by atoms with Crippen LogP contribution in [0.15, 0.2) is 24.9 Å². The van der Waals surface area contributed by atoms with E-state index in [1.807, 2.05) is 20.8 Å². The topological polar surface area (TPSA) is 46.6 Å². The molecule has 0 spiro atoms. The Bertz CT molecular complexity index is 352. The van der Waals surface area contributed by atoms with Crippen molar-refractivity contribution in [3.8, 4) is 0 Å². The van der Waals surface area contributed by atoms with Crippen LogP contribution in [0.5, 0.6) is 0 Å². The van der Waals surface area contributed by atoms with Gasteiger partial charge < -0.3 is 9.64 Å². The molecule has 1 aliphatic heterocycles. The maximum absolute atomic E-state index is 11.9. The van der Waals surface area contributed by atoms with E-state index >= 15 is 0 Å². The Labute approximate surface area is 102 Å². The van der Waals surface area contributed by atoms with E-state index in [1.165, 1.54) is 4.90 Å². The third-order valence-corrected chi connectivity index (χ3v) is 2.32. The Morgan fingerprint density at radius 3 is 2.71 bits per heavy atom. The van der Waals surface area contributed by atoms with Crippen LogP contribution in [0.2, 0.25) is 0 Å². The van der Waals surface area contributed by atoms with Gasteiger partial charge in [0, 0.05) is 12.6 Å². The van der Waals surface area contributed by atoms with Gasteiger partial charge in [-0.15, -0.1) is 0 Å². The molecule has 0 aromatic rings. The lowest BCUT2D eigenvalue weighted by atomic mass is 10.1. The molecule has 0 bridgehead atoms. The molecule has 0 saturated carbocycles. The number of carbonyl (C=O) groups excluding carboxylic acids is 2. The minimum absolute atomic E-state index is 0.0565. The second-order valence-corrected chi connectivity index (χ2v) is 4.97. The van der Waals surface area contributed by atoms with Gasteiger partial charge >= 0.3 is 5.97 Å². The summed E-state index contributed by atoms with van der Waals surface area (Å²) in [6, 6.07) is -0.502. The van der Waals surface area contributed by atoms with Gasteiger partial charge in [-0.1, -0.05) is 12.7 Å². The average Bonchev–Trinajstić information content (AvgIpc) is 2.54. The molecule has 4 nitrogen and oxygen atoms in total. The smallest absolute Gasteiger partial charge is 0.329 e. The zero-order valence-corrected chi connectivity index (χ0v) is 10.6. The summed E-state index contributed by atoms with van der Waals surface area (Å²) in [7, 11) is 0. The summed E-state index contributed by atoms with van der Waals surface area (Å²) in [5.74, 6) is -0.406. The highest BCUT2D eigenvalue weighted by atomic mass is 16.6. The molecule has 0 aromatic carbocycles. The van der Waals surface area contributed by atoms with E-state index < -0.39 is 11.6 Å². The van der Waals surface area contributed by atoms with Crippen molar-refractivity contribution in [2.75, 3.05) is 0 Å². The Balaban J connectivity index is 2.75. The first-order valence-electron chi connectivity index (χ1n) is 5.68. The van der Waals surface area contributed by atoms with Crippen LogP contribution >= 0.6 is 0 Å². The van der Waals surface area contributed by atoms with Crippen molar-refractivity contribution in [3.63, 3.8) is 0 Å². The fraction of sp³-hybridized carbons (Fsp3) is 0.538. The van der Waals surface area contributed by atoms with Crippen LogP contribution in [0.4, 0.5) is 0 Å². The number of rotatable bonds is 3. The molecule has 1 heterocycles. The largest absolute Gasteiger partial charge is 0.458 e. The molecule has 94 valence electrons. The second kappa shape index (κ2) is 5.17. The summed E-state index contributed by atoms with van der Waals surface area (Å²) in [4.78, 5) is 24.9. The lowest BCUT2D eigenvalue weighted by Crippen LogP contribution is -2.39. The summed E-state index contributed by atoms with van der Waals surface area (Å²) in [5.41, 5.74) is -0.531. The predicted octanol–water partition coefficient (Wildman–Crippen LogP) is 2.02. The molecular formula is C13H19NO3. The van der Waals surface area contributed by atoms with Gasteiger partial charge in [0.15, 0.2) is 0 Å². The lowest BCUT2D eigenvalue weighted by Gasteiger charge is -2.25. The van der Waals surface area contributed by atoms with E-state index in [1.54, 1.807) is 18.4 Å². The quantitative estimate of drug-likeness (QED) is 0.557. The predicted molar refractivity (Wildman–Crippen MR) is 65.1 cm³/mol.